The van der Waals surface area contributed by atoms with Crippen LogP contribution in [0.2, 0.25) is 0 Å². The molecule has 0 radical (unpaired) electrons. The van der Waals surface area contributed by atoms with E-state index in [2.05, 4.69) is 25.8 Å². The van der Waals surface area contributed by atoms with Crippen molar-refractivity contribution in [3.63, 3.8) is 0 Å². The summed E-state index contributed by atoms with van der Waals surface area (Å²) in [7, 11) is 1.86. The molecule has 2 saturated carbocycles. The Balaban J connectivity index is 1.08. The van der Waals surface area contributed by atoms with Crippen LogP contribution in [0, 0.1) is 17.8 Å². The molecule has 0 spiro atoms. The number of nitrogens with zero attached hydrogens (tertiary/aromatic N) is 2. The summed E-state index contributed by atoms with van der Waals surface area (Å²) in [6.45, 7) is 9.25. The molecule has 4 aliphatic rings. The van der Waals surface area contributed by atoms with E-state index in [-0.39, 0.29) is 12.9 Å². The SMILES string of the molecule is COC1CCC(C2CNC(NC3CCC(CN4CCN(CCO)CC4)CC3)NC2)CC1. The van der Waals surface area contributed by atoms with Crippen LogP contribution >= 0.6 is 0 Å². The van der Waals surface area contributed by atoms with Gasteiger partial charge in [0.25, 0.3) is 0 Å². The van der Waals surface area contributed by atoms with Crippen LogP contribution in [0.15, 0.2) is 0 Å². The number of hydrogen-bond acceptors (Lipinski definition) is 7. The highest BCUT2D eigenvalue weighted by Gasteiger charge is 2.32. The van der Waals surface area contributed by atoms with Crippen LogP contribution in [-0.2, 0) is 4.74 Å². The highest BCUT2D eigenvalue weighted by atomic mass is 16.5. The van der Waals surface area contributed by atoms with Gasteiger partial charge in [0.1, 0.15) is 6.29 Å². The Labute approximate surface area is 189 Å². The topological polar surface area (TPSA) is 72.0 Å². The van der Waals surface area contributed by atoms with E-state index in [9.17, 15) is 0 Å². The largest absolute Gasteiger partial charge is 0.395 e. The van der Waals surface area contributed by atoms with Crippen molar-refractivity contribution < 1.29 is 9.84 Å². The molecule has 4 N–H and O–H groups in total. The average Bonchev–Trinajstić information content (AvgIpc) is 2.82. The molecular formula is C24H47N5O2. The van der Waals surface area contributed by atoms with Gasteiger partial charge in [-0.2, -0.15) is 0 Å². The van der Waals surface area contributed by atoms with Crippen molar-refractivity contribution in [2.24, 2.45) is 17.8 Å². The zero-order valence-electron chi connectivity index (χ0n) is 19.7. The van der Waals surface area contributed by atoms with Gasteiger partial charge in [-0.05, 0) is 69.1 Å². The second-order valence-electron chi connectivity index (χ2n) is 10.5. The predicted octanol–water partition coefficient (Wildman–Crippen LogP) is 1.04. The van der Waals surface area contributed by atoms with Crippen LogP contribution in [0.4, 0.5) is 0 Å². The standard InChI is InChI=1S/C24H47N5O2/c1-31-23-8-4-20(5-9-23)21-16-25-24(26-17-21)27-22-6-2-19(3-7-22)18-29-12-10-28(11-13-29)14-15-30/h19-27,30H,2-18H2,1H3. The number of β-amino-alcohol motifs (C(OH)–C–C–N with tert-alkyl or cyclic N) is 1. The third-order valence-corrected chi connectivity index (χ3v) is 8.53. The smallest absolute Gasteiger partial charge is 0.112 e. The van der Waals surface area contributed by atoms with Crippen molar-refractivity contribution in [2.45, 2.75) is 69.8 Å². The van der Waals surface area contributed by atoms with Crippen molar-refractivity contribution in [3.8, 4) is 0 Å². The van der Waals surface area contributed by atoms with Gasteiger partial charge < -0.3 is 14.7 Å². The highest BCUT2D eigenvalue weighted by molar-refractivity contribution is 4.87. The summed E-state index contributed by atoms with van der Waals surface area (Å²) in [6.07, 6.45) is 11.2. The number of piperazine rings is 1. The first-order valence-electron chi connectivity index (χ1n) is 13.0. The minimum Gasteiger partial charge on any atom is -0.395 e. The summed E-state index contributed by atoms with van der Waals surface area (Å²) in [4.78, 5) is 5.04. The zero-order valence-corrected chi connectivity index (χ0v) is 19.7. The van der Waals surface area contributed by atoms with Gasteiger partial charge in [-0.1, -0.05) is 0 Å². The zero-order chi connectivity index (χ0) is 21.5. The minimum atomic E-state index is 0.285. The lowest BCUT2D eigenvalue weighted by molar-refractivity contribution is 0.0413. The van der Waals surface area contributed by atoms with Crippen molar-refractivity contribution in [3.05, 3.63) is 0 Å². The number of ether oxygens (including phenoxy) is 1. The number of aliphatic hydroxyl groups excluding tert-OH is 1. The lowest BCUT2D eigenvalue weighted by Gasteiger charge is -2.41. The molecule has 0 amide bonds. The molecule has 0 aromatic carbocycles. The molecule has 2 saturated heterocycles. The van der Waals surface area contributed by atoms with Crippen molar-refractivity contribution in [1.29, 1.82) is 0 Å². The van der Waals surface area contributed by atoms with Gasteiger partial charge in [0, 0.05) is 65.5 Å². The van der Waals surface area contributed by atoms with E-state index >= 15 is 0 Å². The molecule has 2 aliphatic heterocycles. The summed E-state index contributed by atoms with van der Waals surface area (Å²) in [5.74, 6) is 2.49. The second-order valence-corrected chi connectivity index (χ2v) is 10.5. The maximum absolute atomic E-state index is 9.10. The fourth-order valence-corrected chi connectivity index (χ4v) is 6.38. The molecule has 180 valence electrons. The van der Waals surface area contributed by atoms with Gasteiger partial charge in [-0.25, -0.2) is 0 Å². The molecule has 2 heterocycles. The molecule has 0 bridgehead atoms. The van der Waals surface area contributed by atoms with Gasteiger partial charge in [0.05, 0.1) is 12.7 Å². The molecule has 0 unspecified atom stereocenters. The van der Waals surface area contributed by atoms with Gasteiger partial charge in [-0.3, -0.25) is 20.9 Å². The molecule has 7 heteroatoms. The number of rotatable bonds is 8. The van der Waals surface area contributed by atoms with Gasteiger partial charge in [0.2, 0.25) is 0 Å². The Hall–Kier alpha value is -0.280. The van der Waals surface area contributed by atoms with E-state index in [1.54, 1.807) is 0 Å². The first kappa shape index (κ1) is 23.9. The lowest BCUT2D eigenvalue weighted by Crippen LogP contribution is -2.63. The van der Waals surface area contributed by atoms with E-state index in [0.29, 0.717) is 12.1 Å². The number of hydrogen-bond donors (Lipinski definition) is 4. The monoisotopic (exact) mass is 437 g/mol. The molecule has 31 heavy (non-hydrogen) atoms. The van der Waals surface area contributed by atoms with Gasteiger partial charge in [-0.15, -0.1) is 0 Å². The maximum atomic E-state index is 9.10. The van der Waals surface area contributed by atoms with Crippen LogP contribution < -0.4 is 16.0 Å². The number of methoxy groups -OCH3 is 1. The molecule has 0 aromatic rings. The summed E-state index contributed by atoms with van der Waals surface area (Å²) < 4.78 is 5.54. The first-order valence-corrected chi connectivity index (χ1v) is 13.0. The third-order valence-electron chi connectivity index (χ3n) is 8.53. The van der Waals surface area contributed by atoms with E-state index in [1.165, 1.54) is 71.0 Å². The highest BCUT2D eigenvalue weighted by Crippen LogP contribution is 2.32. The van der Waals surface area contributed by atoms with Crippen LogP contribution in [-0.4, -0.2) is 99.4 Å². The first-order chi connectivity index (χ1) is 15.2. The van der Waals surface area contributed by atoms with Crippen LogP contribution in [0.1, 0.15) is 51.4 Å². The quantitative estimate of drug-likeness (QED) is 0.452. The molecule has 2 aliphatic carbocycles. The summed E-state index contributed by atoms with van der Waals surface area (Å²) in [6, 6.07) is 0.649. The van der Waals surface area contributed by atoms with Crippen molar-refractivity contribution in [1.82, 2.24) is 25.8 Å². The minimum absolute atomic E-state index is 0.285. The molecular weight excluding hydrogens is 390 g/mol. The fourth-order valence-electron chi connectivity index (χ4n) is 6.38. The van der Waals surface area contributed by atoms with Crippen LogP contribution in [0.3, 0.4) is 0 Å². The normalized spacial score (nSPS) is 38.9. The van der Waals surface area contributed by atoms with Crippen molar-refractivity contribution in [2.75, 3.05) is 66.1 Å². The fraction of sp³-hybridized carbons (Fsp3) is 1.00. The average molecular weight is 438 g/mol. The van der Waals surface area contributed by atoms with E-state index in [1.807, 2.05) is 7.11 Å². The molecule has 4 fully saturated rings. The Morgan fingerprint density at radius 3 is 2.10 bits per heavy atom. The Morgan fingerprint density at radius 1 is 0.839 bits per heavy atom. The van der Waals surface area contributed by atoms with Gasteiger partial charge in [0.15, 0.2) is 0 Å². The molecule has 0 aromatic heterocycles. The summed E-state index contributed by atoms with van der Waals surface area (Å²) in [5, 5.41) is 20.5. The molecule has 0 atom stereocenters. The summed E-state index contributed by atoms with van der Waals surface area (Å²) >= 11 is 0. The number of aliphatic hydroxyl groups is 1. The second kappa shape index (κ2) is 12.3. The Kier molecular flexibility index (Phi) is 9.44. The number of nitrogens with one attached hydrogen (secondary N) is 3. The lowest BCUT2D eigenvalue weighted by atomic mass is 9.78. The van der Waals surface area contributed by atoms with Crippen LogP contribution in [0.5, 0.6) is 0 Å². The summed E-state index contributed by atoms with van der Waals surface area (Å²) in [5.41, 5.74) is 0. The van der Waals surface area contributed by atoms with Crippen molar-refractivity contribution >= 4 is 0 Å². The molecule has 4 rings (SSSR count). The predicted molar refractivity (Wildman–Crippen MR) is 125 cm³/mol. The van der Waals surface area contributed by atoms with E-state index in [4.69, 9.17) is 9.84 Å². The van der Waals surface area contributed by atoms with Crippen LogP contribution in [0.25, 0.3) is 0 Å². The van der Waals surface area contributed by atoms with E-state index in [0.717, 1.165) is 50.5 Å². The third kappa shape index (κ3) is 7.10. The Bertz CT molecular complexity index is 492. The van der Waals surface area contributed by atoms with Gasteiger partial charge >= 0.3 is 0 Å². The Morgan fingerprint density at radius 2 is 1.48 bits per heavy atom. The molecule has 7 nitrogen and oxygen atoms in total. The van der Waals surface area contributed by atoms with E-state index < -0.39 is 0 Å². The maximum Gasteiger partial charge on any atom is 0.112 e.